The third kappa shape index (κ3) is 2.29. The van der Waals surface area contributed by atoms with Crippen molar-refractivity contribution in [1.29, 1.82) is 5.26 Å². The standard InChI is InChI=1S/C16H10ClN3/c17-14-6-8-15(9-7-14)20-11-13(10-18)16(19-20)12-4-2-1-3-5-12/h1-9,11H. The van der Waals surface area contributed by atoms with Gasteiger partial charge in [0.2, 0.25) is 0 Å². The van der Waals surface area contributed by atoms with Crippen molar-refractivity contribution in [2.75, 3.05) is 0 Å². The first-order valence-corrected chi connectivity index (χ1v) is 6.47. The van der Waals surface area contributed by atoms with E-state index in [4.69, 9.17) is 11.6 Å². The predicted molar refractivity (Wildman–Crippen MR) is 78.7 cm³/mol. The molecule has 3 aromatic rings. The van der Waals surface area contributed by atoms with Crippen LogP contribution >= 0.6 is 11.6 Å². The number of nitriles is 1. The number of halogens is 1. The van der Waals surface area contributed by atoms with Crippen LogP contribution in [0, 0.1) is 11.3 Å². The summed E-state index contributed by atoms with van der Waals surface area (Å²) >= 11 is 5.88. The van der Waals surface area contributed by atoms with Crippen LogP contribution < -0.4 is 0 Å². The van der Waals surface area contributed by atoms with Gasteiger partial charge < -0.3 is 0 Å². The average Bonchev–Trinajstić information content (AvgIpc) is 2.93. The maximum atomic E-state index is 9.26. The van der Waals surface area contributed by atoms with Gasteiger partial charge in [0, 0.05) is 16.8 Å². The molecule has 0 bridgehead atoms. The summed E-state index contributed by atoms with van der Waals surface area (Å²) in [4.78, 5) is 0. The Morgan fingerprint density at radius 3 is 2.35 bits per heavy atom. The lowest BCUT2D eigenvalue weighted by Gasteiger charge is -2.00. The molecule has 0 saturated heterocycles. The summed E-state index contributed by atoms with van der Waals surface area (Å²) in [5, 5.41) is 14.4. The Balaban J connectivity index is 2.10. The van der Waals surface area contributed by atoms with Crippen molar-refractivity contribution in [3.8, 4) is 23.0 Å². The average molecular weight is 280 g/mol. The first-order valence-electron chi connectivity index (χ1n) is 6.09. The molecule has 0 N–H and O–H groups in total. The lowest BCUT2D eigenvalue weighted by molar-refractivity contribution is 0.884. The van der Waals surface area contributed by atoms with Crippen LogP contribution in [-0.4, -0.2) is 9.78 Å². The Bertz CT molecular complexity index is 768. The van der Waals surface area contributed by atoms with Gasteiger partial charge in [0.05, 0.1) is 11.3 Å². The van der Waals surface area contributed by atoms with E-state index in [1.54, 1.807) is 23.0 Å². The molecule has 96 valence electrons. The van der Waals surface area contributed by atoms with Crippen LogP contribution in [0.25, 0.3) is 16.9 Å². The van der Waals surface area contributed by atoms with Crippen LogP contribution in [0.4, 0.5) is 0 Å². The molecular weight excluding hydrogens is 270 g/mol. The van der Waals surface area contributed by atoms with Crippen LogP contribution in [0.1, 0.15) is 5.56 Å². The normalized spacial score (nSPS) is 10.2. The summed E-state index contributed by atoms with van der Waals surface area (Å²) in [6.07, 6.45) is 1.73. The Morgan fingerprint density at radius 2 is 1.70 bits per heavy atom. The quantitative estimate of drug-likeness (QED) is 0.710. The fourth-order valence-electron chi connectivity index (χ4n) is 1.99. The van der Waals surface area contributed by atoms with Crippen LogP contribution in [-0.2, 0) is 0 Å². The zero-order chi connectivity index (χ0) is 13.9. The fourth-order valence-corrected chi connectivity index (χ4v) is 2.12. The van der Waals surface area contributed by atoms with E-state index in [-0.39, 0.29) is 0 Å². The molecule has 0 amide bonds. The minimum atomic E-state index is 0.547. The number of hydrogen-bond donors (Lipinski definition) is 0. The molecule has 0 aliphatic carbocycles. The monoisotopic (exact) mass is 279 g/mol. The minimum Gasteiger partial charge on any atom is -0.239 e. The molecule has 0 unspecified atom stereocenters. The zero-order valence-corrected chi connectivity index (χ0v) is 11.2. The van der Waals surface area contributed by atoms with Gasteiger partial charge in [-0.05, 0) is 24.3 Å². The smallest absolute Gasteiger partial charge is 0.111 e. The number of rotatable bonds is 2. The van der Waals surface area contributed by atoms with E-state index in [2.05, 4.69) is 11.2 Å². The van der Waals surface area contributed by atoms with Crippen molar-refractivity contribution >= 4 is 11.6 Å². The molecule has 1 aromatic heterocycles. The van der Waals surface area contributed by atoms with E-state index in [0.717, 1.165) is 11.3 Å². The van der Waals surface area contributed by atoms with Crippen molar-refractivity contribution in [3.05, 3.63) is 71.4 Å². The molecule has 0 aliphatic heterocycles. The molecule has 0 fully saturated rings. The topological polar surface area (TPSA) is 41.6 Å². The molecule has 1 heterocycles. The second kappa shape index (κ2) is 5.20. The van der Waals surface area contributed by atoms with Crippen LogP contribution in [0.2, 0.25) is 5.02 Å². The van der Waals surface area contributed by atoms with Crippen molar-refractivity contribution < 1.29 is 0 Å². The summed E-state index contributed by atoms with van der Waals surface area (Å²) in [7, 11) is 0. The second-order valence-corrected chi connectivity index (χ2v) is 4.73. The van der Waals surface area contributed by atoms with Gasteiger partial charge in [-0.1, -0.05) is 41.9 Å². The Hall–Kier alpha value is -2.57. The number of hydrogen-bond acceptors (Lipinski definition) is 2. The molecule has 0 aliphatic rings. The van der Waals surface area contributed by atoms with Gasteiger partial charge in [-0.25, -0.2) is 4.68 Å². The van der Waals surface area contributed by atoms with Crippen molar-refractivity contribution in [2.24, 2.45) is 0 Å². The number of benzene rings is 2. The van der Waals surface area contributed by atoms with Crippen LogP contribution in [0.5, 0.6) is 0 Å². The largest absolute Gasteiger partial charge is 0.239 e. The Kier molecular flexibility index (Phi) is 3.24. The third-order valence-electron chi connectivity index (χ3n) is 2.97. The highest BCUT2D eigenvalue weighted by atomic mass is 35.5. The zero-order valence-electron chi connectivity index (χ0n) is 10.5. The molecule has 0 saturated carbocycles. The van der Waals surface area contributed by atoms with E-state index >= 15 is 0 Å². The van der Waals surface area contributed by atoms with Gasteiger partial charge in [-0.3, -0.25) is 0 Å². The fraction of sp³-hybridized carbons (Fsp3) is 0. The highest BCUT2D eigenvalue weighted by Gasteiger charge is 2.11. The molecule has 0 spiro atoms. The van der Waals surface area contributed by atoms with Crippen LogP contribution in [0.15, 0.2) is 60.8 Å². The van der Waals surface area contributed by atoms with Crippen molar-refractivity contribution in [3.63, 3.8) is 0 Å². The SMILES string of the molecule is N#Cc1cn(-c2ccc(Cl)cc2)nc1-c1ccccc1. The summed E-state index contributed by atoms with van der Waals surface area (Å²) in [6, 6.07) is 19.2. The molecule has 0 atom stereocenters. The second-order valence-electron chi connectivity index (χ2n) is 4.29. The van der Waals surface area contributed by atoms with Gasteiger partial charge in [0.25, 0.3) is 0 Å². The first kappa shape index (κ1) is 12.5. The van der Waals surface area contributed by atoms with E-state index < -0.39 is 0 Å². The summed E-state index contributed by atoms with van der Waals surface area (Å²) in [5.41, 5.74) is 3.03. The minimum absolute atomic E-state index is 0.547. The van der Waals surface area contributed by atoms with Crippen molar-refractivity contribution in [2.45, 2.75) is 0 Å². The van der Waals surface area contributed by atoms with Gasteiger partial charge in [-0.15, -0.1) is 0 Å². The highest BCUT2D eigenvalue weighted by Crippen LogP contribution is 2.23. The lowest BCUT2D eigenvalue weighted by Crippen LogP contribution is -1.94. The molecule has 3 nitrogen and oxygen atoms in total. The van der Waals surface area contributed by atoms with Gasteiger partial charge >= 0.3 is 0 Å². The molecule has 20 heavy (non-hydrogen) atoms. The summed E-state index contributed by atoms with van der Waals surface area (Å²) in [5.74, 6) is 0. The first-order chi connectivity index (χ1) is 9.78. The van der Waals surface area contributed by atoms with Gasteiger partial charge in [0.1, 0.15) is 11.8 Å². The highest BCUT2D eigenvalue weighted by molar-refractivity contribution is 6.30. The molecule has 2 aromatic carbocycles. The third-order valence-corrected chi connectivity index (χ3v) is 3.23. The number of nitrogens with zero attached hydrogens (tertiary/aromatic N) is 3. The Morgan fingerprint density at radius 1 is 1.00 bits per heavy atom. The van der Waals surface area contributed by atoms with E-state index in [0.29, 0.717) is 16.3 Å². The van der Waals surface area contributed by atoms with Crippen molar-refractivity contribution in [1.82, 2.24) is 9.78 Å². The molecule has 0 radical (unpaired) electrons. The molecule has 3 rings (SSSR count). The number of aromatic nitrogens is 2. The summed E-state index contributed by atoms with van der Waals surface area (Å²) in [6.45, 7) is 0. The lowest BCUT2D eigenvalue weighted by atomic mass is 10.1. The maximum Gasteiger partial charge on any atom is 0.111 e. The van der Waals surface area contributed by atoms with E-state index in [1.807, 2.05) is 42.5 Å². The van der Waals surface area contributed by atoms with Crippen LogP contribution in [0.3, 0.4) is 0 Å². The predicted octanol–water partition coefficient (Wildman–Crippen LogP) is 4.06. The maximum absolute atomic E-state index is 9.26. The Labute approximate surface area is 121 Å². The molecule has 4 heteroatoms. The molecular formula is C16H10ClN3. The van der Waals surface area contributed by atoms with Gasteiger partial charge in [-0.2, -0.15) is 10.4 Å². The van der Waals surface area contributed by atoms with E-state index in [9.17, 15) is 5.26 Å². The summed E-state index contributed by atoms with van der Waals surface area (Å²) < 4.78 is 1.69. The van der Waals surface area contributed by atoms with Gasteiger partial charge in [0.15, 0.2) is 0 Å². The van der Waals surface area contributed by atoms with E-state index in [1.165, 1.54) is 0 Å².